The molecule has 0 aliphatic heterocycles. The predicted octanol–water partition coefficient (Wildman–Crippen LogP) is 5.99. The highest BCUT2D eigenvalue weighted by Crippen LogP contribution is 2.21. The Bertz CT molecular complexity index is 1330. The highest BCUT2D eigenvalue weighted by Gasteiger charge is 2.12. The van der Waals surface area contributed by atoms with Crippen molar-refractivity contribution < 1.29 is 9.21 Å². The molecule has 1 heterocycles. The Hall–Kier alpha value is -3.83. The van der Waals surface area contributed by atoms with Crippen LogP contribution in [0.2, 0.25) is 5.02 Å². The number of benzene rings is 3. The van der Waals surface area contributed by atoms with Gasteiger partial charge < -0.3 is 14.6 Å². The minimum Gasteiger partial charge on any atom is -0.423 e. The van der Waals surface area contributed by atoms with Crippen LogP contribution in [0.3, 0.4) is 0 Å². The number of para-hydroxylation sites is 1. The monoisotopic (exact) mass is 472 g/mol. The van der Waals surface area contributed by atoms with Crippen LogP contribution in [0.4, 0.5) is 5.69 Å². The minimum absolute atomic E-state index is 0.0652. The van der Waals surface area contributed by atoms with E-state index in [1.165, 1.54) is 6.07 Å². The van der Waals surface area contributed by atoms with E-state index in [4.69, 9.17) is 16.0 Å². The molecule has 0 radical (unpaired) electrons. The van der Waals surface area contributed by atoms with Crippen molar-refractivity contribution in [1.29, 1.82) is 0 Å². The van der Waals surface area contributed by atoms with Gasteiger partial charge in [0.05, 0.1) is 5.69 Å². The van der Waals surface area contributed by atoms with Crippen LogP contribution in [0.15, 0.2) is 100 Å². The zero-order valence-electron chi connectivity index (χ0n) is 18.6. The van der Waals surface area contributed by atoms with Gasteiger partial charge >= 0.3 is 5.63 Å². The normalized spacial score (nSPS) is 11.1. The molecule has 0 saturated heterocycles. The van der Waals surface area contributed by atoms with Crippen molar-refractivity contribution in [3.63, 3.8) is 0 Å². The first-order valence-corrected chi connectivity index (χ1v) is 11.5. The molecule has 0 aliphatic rings. The number of fused-ring (bicyclic) bond motifs is 1. The van der Waals surface area contributed by atoms with Crippen molar-refractivity contribution in [3.05, 3.63) is 118 Å². The van der Waals surface area contributed by atoms with Crippen LogP contribution < -0.4 is 10.9 Å². The number of carbonyl (C=O) groups excluding carboxylic acids is 1. The van der Waals surface area contributed by atoms with Gasteiger partial charge in [-0.3, -0.25) is 4.79 Å². The van der Waals surface area contributed by atoms with Gasteiger partial charge in [-0.05, 0) is 47.9 Å². The number of amides is 1. The SMILES string of the molecule is O=C(/C=C/c1ccc(Cl)cc1)N(CCCNc1cc(=O)oc2ccccc12)Cc1ccccc1. The molecular formula is C28H25ClN2O3. The summed E-state index contributed by atoms with van der Waals surface area (Å²) in [6.45, 7) is 1.68. The molecule has 172 valence electrons. The van der Waals surface area contributed by atoms with Gasteiger partial charge in [0.1, 0.15) is 5.58 Å². The fraction of sp³-hybridized carbons (Fsp3) is 0.143. The maximum atomic E-state index is 13.0. The third-order valence-electron chi connectivity index (χ3n) is 5.39. The average Bonchev–Trinajstić information content (AvgIpc) is 2.85. The van der Waals surface area contributed by atoms with Crippen LogP contribution in [0.25, 0.3) is 17.0 Å². The van der Waals surface area contributed by atoms with Gasteiger partial charge in [0.2, 0.25) is 5.91 Å². The highest BCUT2D eigenvalue weighted by molar-refractivity contribution is 6.30. The lowest BCUT2D eigenvalue weighted by molar-refractivity contribution is -0.126. The molecule has 3 aromatic carbocycles. The first-order chi connectivity index (χ1) is 16.6. The van der Waals surface area contributed by atoms with Crippen molar-refractivity contribution >= 4 is 40.2 Å². The molecule has 1 amide bonds. The fourth-order valence-corrected chi connectivity index (χ4v) is 3.79. The number of hydrogen-bond acceptors (Lipinski definition) is 4. The molecule has 4 rings (SSSR count). The molecule has 34 heavy (non-hydrogen) atoms. The van der Waals surface area contributed by atoms with E-state index < -0.39 is 5.63 Å². The van der Waals surface area contributed by atoms with Crippen molar-refractivity contribution in [1.82, 2.24) is 4.90 Å². The first-order valence-electron chi connectivity index (χ1n) is 11.1. The van der Waals surface area contributed by atoms with Crippen molar-refractivity contribution in [2.75, 3.05) is 18.4 Å². The summed E-state index contributed by atoms with van der Waals surface area (Å²) >= 11 is 5.94. The summed E-state index contributed by atoms with van der Waals surface area (Å²) in [7, 11) is 0. The Morgan fingerprint density at radius 3 is 2.50 bits per heavy atom. The summed E-state index contributed by atoms with van der Waals surface area (Å²) in [5.74, 6) is -0.0652. The Morgan fingerprint density at radius 2 is 1.71 bits per heavy atom. The third-order valence-corrected chi connectivity index (χ3v) is 5.64. The largest absolute Gasteiger partial charge is 0.423 e. The molecule has 4 aromatic rings. The summed E-state index contributed by atoms with van der Waals surface area (Å²) in [5, 5.41) is 4.83. The molecule has 5 nitrogen and oxygen atoms in total. The number of halogens is 1. The molecular weight excluding hydrogens is 448 g/mol. The van der Waals surface area contributed by atoms with Gasteiger partial charge in [0.25, 0.3) is 0 Å². The smallest absolute Gasteiger partial charge is 0.338 e. The summed E-state index contributed by atoms with van der Waals surface area (Å²) in [5.41, 5.74) is 2.86. The molecule has 1 aromatic heterocycles. The number of anilines is 1. The zero-order chi connectivity index (χ0) is 23.8. The molecule has 0 bridgehead atoms. The maximum absolute atomic E-state index is 13.0. The molecule has 0 unspecified atom stereocenters. The molecule has 0 saturated carbocycles. The summed E-state index contributed by atoms with van der Waals surface area (Å²) in [6.07, 6.45) is 4.10. The van der Waals surface area contributed by atoms with E-state index in [1.807, 2.05) is 65.6 Å². The Kier molecular flexibility index (Phi) is 7.79. The molecule has 6 heteroatoms. The maximum Gasteiger partial charge on any atom is 0.338 e. The highest BCUT2D eigenvalue weighted by atomic mass is 35.5. The quantitative estimate of drug-likeness (QED) is 0.184. The average molecular weight is 473 g/mol. The van der Waals surface area contributed by atoms with Crippen LogP contribution in [0, 0.1) is 0 Å². The van der Waals surface area contributed by atoms with E-state index in [0.717, 1.165) is 22.2 Å². The lowest BCUT2D eigenvalue weighted by atomic mass is 10.2. The summed E-state index contributed by atoms with van der Waals surface area (Å²) in [4.78, 5) is 26.7. The van der Waals surface area contributed by atoms with E-state index in [9.17, 15) is 9.59 Å². The Morgan fingerprint density at radius 1 is 0.971 bits per heavy atom. The van der Waals surface area contributed by atoms with Gasteiger partial charge in [-0.1, -0.05) is 66.2 Å². The van der Waals surface area contributed by atoms with Crippen LogP contribution >= 0.6 is 11.6 Å². The molecule has 0 atom stereocenters. The molecule has 1 N–H and O–H groups in total. The minimum atomic E-state index is -0.394. The van der Waals surface area contributed by atoms with Crippen LogP contribution in [0.1, 0.15) is 17.5 Å². The first kappa shape index (κ1) is 23.3. The third kappa shape index (κ3) is 6.36. The van der Waals surface area contributed by atoms with Crippen LogP contribution in [-0.4, -0.2) is 23.9 Å². The lowest BCUT2D eigenvalue weighted by Gasteiger charge is -2.22. The van der Waals surface area contributed by atoms with Gasteiger partial charge in [0.15, 0.2) is 0 Å². The number of hydrogen-bond donors (Lipinski definition) is 1. The van der Waals surface area contributed by atoms with E-state index in [0.29, 0.717) is 36.7 Å². The second kappa shape index (κ2) is 11.3. The van der Waals surface area contributed by atoms with Crippen LogP contribution in [0.5, 0.6) is 0 Å². The number of rotatable bonds is 9. The molecule has 0 aliphatic carbocycles. The standard InChI is InChI=1S/C28H25ClN2O3/c29-23-14-11-21(12-15-23)13-16-27(32)31(20-22-7-2-1-3-8-22)18-6-17-30-25-19-28(33)34-26-10-5-4-9-24(25)26/h1-5,7-16,19,30H,6,17-18,20H2/b16-13+. The number of nitrogens with zero attached hydrogens (tertiary/aromatic N) is 1. The second-order valence-electron chi connectivity index (χ2n) is 7.89. The summed E-state index contributed by atoms with van der Waals surface area (Å²) in [6, 6.07) is 26.1. The Balaban J connectivity index is 1.42. The zero-order valence-corrected chi connectivity index (χ0v) is 19.4. The van der Waals surface area contributed by atoms with E-state index in [-0.39, 0.29) is 5.91 Å². The van der Waals surface area contributed by atoms with E-state index in [1.54, 1.807) is 30.4 Å². The van der Waals surface area contributed by atoms with E-state index in [2.05, 4.69) is 5.32 Å². The van der Waals surface area contributed by atoms with Gasteiger partial charge in [0, 0.05) is 42.2 Å². The van der Waals surface area contributed by atoms with Crippen molar-refractivity contribution in [2.24, 2.45) is 0 Å². The predicted molar refractivity (Wildman–Crippen MR) is 138 cm³/mol. The van der Waals surface area contributed by atoms with Crippen molar-refractivity contribution in [2.45, 2.75) is 13.0 Å². The lowest BCUT2D eigenvalue weighted by Crippen LogP contribution is -2.31. The van der Waals surface area contributed by atoms with E-state index >= 15 is 0 Å². The van der Waals surface area contributed by atoms with Crippen molar-refractivity contribution in [3.8, 4) is 0 Å². The van der Waals surface area contributed by atoms with Gasteiger partial charge in [-0.2, -0.15) is 0 Å². The number of carbonyl (C=O) groups is 1. The second-order valence-corrected chi connectivity index (χ2v) is 8.32. The fourth-order valence-electron chi connectivity index (χ4n) is 3.67. The Labute approximate surface area is 203 Å². The topological polar surface area (TPSA) is 62.6 Å². The van der Waals surface area contributed by atoms with Gasteiger partial charge in [-0.15, -0.1) is 0 Å². The molecule has 0 spiro atoms. The van der Waals surface area contributed by atoms with Gasteiger partial charge in [-0.25, -0.2) is 4.79 Å². The number of nitrogens with one attached hydrogen (secondary N) is 1. The summed E-state index contributed by atoms with van der Waals surface area (Å²) < 4.78 is 5.25. The van der Waals surface area contributed by atoms with Crippen LogP contribution in [-0.2, 0) is 11.3 Å². The molecule has 0 fully saturated rings.